The number of halogens is 2. The van der Waals surface area contributed by atoms with Crippen LogP contribution >= 0.6 is 31.9 Å². The average Bonchev–Trinajstić information content (AvgIpc) is 2.63. The molecule has 2 aromatic rings. The lowest BCUT2D eigenvalue weighted by molar-refractivity contribution is 1.05. The summed E-state index contributed by atoms with van der Waals surface area (Å²) in [5.41, 5.74) is 2.04. The summed E-state index contributed by atoms with van der Waals surface area (Å²) >= 11 is 7.01. The highest BCUT2D eigenvalue weighted by molar-refractivity contribution is 9.11. The molecular formula is C11H11Br2N3. The predicted molar refractivity (Wildman–Crippen MR) is 73.2 cm³/mol. The van der Waals surface area contributed by atoms with E-state index < -0.39 is 0 Å². The molecule has 84 valence electrons. The number of hydrogen-bond acceptors (Lipinski definition) is 2. The molecule has 0 radical (unpaired) electrons. The molecule has 2 rings (SSSR count). The van der Waals surface area contributed by atoms with Gasteiger partial charge in [-0.3, -0.25) is 4.57 Å². The Labute approximate surface area is 111 Å². The third kappa shape index (κ3) is 2.15. The molecule has 0 atom stereocenters. The number of aromatic nitrogens is 2. The van der Waals surface area contributed by atoms with Crippen LogP contribution in [0.25, 0.3) is 5.69 Å². The van der Waals surface area contributed by atoms with Crippen LogP contribution in [0.5, 0.6) is 0 Å². The highest BCUT2D eigenvalue weighted by atomic mass is 79.9. The van der Waals surface area contributed by atoms with Crippen molar-refractivity contribution in [3.63, 3.8) is 0 Å². The zero-order chi connectivity index (χ0) is 11.7. The van der Waals surface area contributed by atoms with Gasteiger partial charge < -0.3 is 5.32 Å². The molecule has 0 aliphatic carbocycles. The Morgan fingerprint density at radius 2 is 2.06 bits per heavy atom. The molecule has 3 nitrogen and oxygen atoms in total. The van der Waals surface area contributed by atoms with Gasteiger partial charge in [-0.25, -0.2) is 4.98 Å². The fourth-order valence-corrected chi connectivity index (χ4v) is 2.31. The zero-order valence-electron chi connectivity index (χ0n) is 8.96. The molecule has 5 heteroatoms. The van der Waals surface area contributed by atoms with Gasteiger partial charge in [-0.15, -0.1) is 0 Å². The van der Waals surface area contributed by atoms with Crippen LogP contribution in [-0.2, 0) is 0 Å². The second-order valence-corrected chi connectivity index (χ2v) is 5.19. The molecule has 1 heterocycles. The van der Waals surface area contributed by atoms with Crippen molar-refractivity contribution in [3.8, 4) is 5.69 Å². The van der Waals surface area contributed by atoms with Gasteiger partial charge in [0, 0.05) is 22.2 Å². The second kappa shape index (κ2) is 4.59. The number of nitrogens with one attached hydrogen (secondary N) is 1. The lowest BCUT2D eigenvalue weighted by atomic mass is 10.3. The Hall–Kier alpha value is -0.810. The molecule has 0 saturated carbocycles. The Balaban J connectivity index is 2.61. The van der Waals surface area contributed by atoms with E-state index in [1.165, 1.54) is 0 Å². The van der Waals surface area contributed by atoms with E-state index in [2.05, 4.69) is 42.2 Å². The third-order valence-electron chi connectivity index (χ3n) is 2.22. The summed E-state index contributed by atoms with van der Waals surface area (Å²) in [6.45, 7) is 1.98. The van der Waals surface area contributed by atoms with Gasteiger partial charge in [-0.05, 0) is 41.1 Å². The first-order valence-corrected chi connectivity index (χ1v) is 6.39. The number of hydrogen-bond donors (Lipinski definition) is 1. The van der Waals surface area contributed by atoms with Crippen molar-refractivity contribution >= 4 is 37.8 Å². The summed E-state index contributed by atoms with van der Waals surface area (Å²) in [6, 6.07) is 6.05. The molecule has 1 N–H and O–H groups in total. The fraction of sp³-hybridized carbons (Fsp3) is 0.182. The van der Waals surface area contributed by atoms with E-state index >= 15 is 0 Å². The first-order chi connectivity index (χ1) is 7.61. The van der Waals surface area contributed by atoms with Crippen molar-refractivity contribution in [1.82, 2.24) is 9.55 Å². The Morgan fingerprint density at radius 1 is 1.31 bits per heavy atom. The zero-order valence-corrected chi connectivity index (χ0v) is 12.1. The van der Waals surface area contributed by atoms with Gasteiger partial charge in [0.2, 0.25) is 5.95 Å². The van der Waals surface area contributed by atoms with E-state index in [0.29, 0.717) is 0 Å². The Morgan fingerprint density at radius 3 is 2.75 bits per heavy atom. The van der Waals surface area contributed by atoms with E-state index in [1.54, 1.807) is 0 Å². The van der Waals surface area contributed by atoms with Crippen LogP contribution < -0.4 is 5.32 Å². The van der Waals surface area contributed by atoms with Gasteiger partial charge in [0.15, 0.2) is 0 Å². The van der Waals surface area contributed by atoms with Crippen molar-refractivity contribution in [2.45, 2.75) is 6.92 Å². The summed E-state index contributed by atoms with van der Waals surface area (Å²) in [5.74, 6) is 0.830. The number of nitrogens with zero attached hydrogens (tertiary/aromatic N) is 2. The molecule has 0 spiro atoms. The first-order valence-electron chi connectivity index (χ1n) is 4.81. The molecule has 0 amide bonds. The molecule has 1 aromatic carbocycles. The normalized spacial score (nSPS) is 10.5. The number of anilines is 1. The van der Waals surface area contributed by atoms with Gasteiger partial charge >= 0.3 is 0 Å². The fourth-order valence-electron chi connectivity index (χ4n) is 1.53. The van der Waals surface area contributed by atoms with Crippen LogP contribution in [0.15, 0.2) is 33.3 Å². The van der Waals surface area contributed by atoms with Crippen LogP contribution in [-0.4, -0.2) is 16.6 Å². The van der Waals surface area contributed by atoms with Gasteiger partial charge in [0.1, 0.15) is 0 Å². The average molecular weight is 345 g/mol. The smallest absolute Gasteiger partial charge is 0.207 e. The number of rotatable bonds is 2. The highest BCUT2D eigenvalue weighted by Gasteiger charge is 2.09. The van der Waals surface area contributed by atoms with Gasteiger partial charge in [0.25, 0.3) is 0 Å². The lowest BCUT2D eigenvalue weighted by Crippen LogP contribution is -2.01. The SMILES string of the molecule is CNc1nc(C)cn1-c1cc(Br)ccc1Br. The number of imidazole rings is 1. The summed E-state index contributed by atoms with van der Waals surface area (Å²) in [4.78, 5) is 4.39. The maximum Gasteiger partial charge on any atom is 0.207 e. The largest absolute Gasteiger partial charge is 0.358 e. The summed E-state index contributed by atoms with van der Waals surface area (Å²) in [7, 11) is 1.87. The summed E-state index contributed by atoms with van der Waals surface area (Å²) in [5, 5.41) is 3.08. The Kier molecular flexibility index (Phi) is 3.35. The second-order valence-electron chi connectivity index (χ2n) is 3.42. The first kappa shape index (κ1) is 11.7. The molecular weight excluding hydrogens is 334 g/mol. The molecule has 0 unspecified atom stereocenters. The Bertz CT molecular complexity index is 520. The van der Waals surface area contributed by atoms with E-state index in [0.717, 1.165) is 26.3 Å². The van der Waals surface area contributed by atoms with Crippen LogP contribution in [0.1, 0.15) is 5.69 Å². The molecule has 0 bridgehead atoms. The summed E-state index contributed by atoms with van der Waals surface area (Å²) in [6.07, 6.45) is 2.00. The minimum absolute atomic E-state index is 0.830. The monoisotopic (exact) mass is 343 g/mol. The standard InChI is InChI=1S/C11H11Br2N3/c1-7-6-16(11(14-2)15-7)10-5-8(12)3-4-9(10)13/h3-6H,1-2H3,(H,14,15). The summed E-state index contributed by atoms with van der Waals surface area (Å²) < 4.78 is 4.09. The quantitative estimate of drug-likeness (QED) is 0.899. The van der Waals surface area contributed by atoms with E-state index in [-0.39, 0.29) is 0 Å². The maximum absolute atomic E-state index is 4.39. The third-order valence-corrected chi connectivity index (χ3v) is 3.38. The predicted octanol–water partition coefficient (Wildman–Crippen LogP) is 3.75. The van der Waals surface area contributed by atoms with Gasteiger partial charge in [-0.1, -0.05) is 15.9 Å². The lowest BCUT2D eigenvalue weighted by Gasteiger charge is -2.09. The topological polar surface area (TPSA) is 29.9 Å². The molecule has 1 aromatic heterocycles. The minimum Gasteiger partial charge on any atom is -0.358 e. The number of aryl methyl sites for hydroxylation is 1. The van der Waals surface area contributed by atoms with Crippen LogP contribution in [0, 0.1) is 6.92 Å². The van der Waals surface area contributed by atoms with Crippen molar-refractivity contribution in [2.75, 3.05) is 12.4 Å². The maximum atomic E-state index is 4.39. The van der Waals surface area contributed by atoms with Crippen molar-refractivity contribution in [3.05, 3.63) is 39.0 Å². The van der Waals surface area contributed by atoms with Gasteiger partial charge in [-0.2, -0.15) is 0 Å². The molecule has 0 aliphatic heterocycles. The van der Waals surface area contributed by atoms with E-state index in [9.17, 15) is 0 Å². The van der Waals surface area contributed by atoms with Crippen molar-refractivity contribution < 1.29 is 0 Å². The van der Waals surface area contributed by atoms with Crippen LogP contribution in [0.3, 0.4) is 0 Å². The van der Waals surface area contributed by atoms with E-state index in [1.807, 2.05) is 42.9 Å². The highest BCUT2D eigenvalue weighted by Crippen LogP contribution is 2.27. The van der Waals surface area contributed by atoms with Crippen molar-refractivity contribution in [1.29, 1.82) is 0 Å². The van der Waals surface area contributed by atoms with Crippen molar-refractivity contribution in [2.24, 2.45) is 0 Å². The number of benzene rings is 1. The molecule has 16 heavy (non-hydrogen) atoms. The van der Waals surface area contributed by atoms with E-state index in [4.69, 9.17) is 0 Å². The van der Waals surface area contributed by atoms with Crippen LogP contribution in [0.2, 0.25) is 0 Å². The van der Waals surface area contributed by atoms with Crippen LogP contribution in [0.4, 0.5) is 5.95 Å². The van der Waals surface area contributed by atoms with Gasteiger partial charge in [0.05, 0.1) is 11.4 Å². The minimum atomic E-state index is 0.830. The molecule has 0 aliphatic rings. The molecule has 0 saturated heterocycles. The molecule has 0 fully saturated rings.